The normalized spacial score (nSPS) is 15.2. The summed E-state index contributed by atoms with van der Waals surface area (Å²) in [6.07, 6.45) is 2.68. The van der Waals surface area contributed by atoms with Crippen molar-refractivity contribution >= 4 is 0 Å². The van der Waals surface area contributed by atoms with Crippen molar-refractivity contribution in [2.24, 2.45) is 0 Å². The van der Waals surface area contributed by atoms with Gasteiger partial charge in [0.15, 0.2) is 0 Å². The Hall–Kier alpha value is -1.44. The lowest BCUT2D eigenvalue weighted by Crippen LogP contribution is -2.14. The van der Waals surface area contributed by atoms with Gasteiger partial charge in [0.1, 0.15) is 0 Å². The van der Waals surface area contributed by atoms with Crippen molar-refractivity contribution in [3.05, 3.63) is 58.7 Å². The minimum Gasteiger partial charge on any atom is -0.202 e. The predicted molar refractivity (Wildman–Crippen MR) is 80.4 cm³/mol. The van der Waals surface area contributed by atoms with E-state index in [1.165, 1.54) is 0 Å². The summed E-state index contributed by atoms with van der Waals surface area (Å²) in [7, 11) is 0. The minimum atomic E-state index is -2.82. The second kappa shape index (κ2) is 5.16. The van der Waals surface area contributed by atoms with Gasteiger partial charge >= 0.3 is 0 Å². The van der Waals surface area contributed by atoms with Crippen LogP contribution in [0, 0.1) is 6.92 Å². The topological polar surface area (TPSA) is 0 Å². The predicted octanol–water partition coefficient (Wildman–Crippen LogP) is 5.66. The first kappa shape index (κ1) is 15.0. The van der Waals surface area contributed by atoms with Gasteiger partial charge in [-0.3, -0.25) is 0 Å². The van der Waals surface area contributed by atoms with Gasteiger partial charge in [-0.2, -0.15) is 0 Å². The van der Waals surface area contributed by atoms with Crippen molar-refractivity contribution in [3.63, 3.8) is 0 Å². The lowest BCUT2D eigenvalue weighted by Gasteiger charge is -2.21. The van der Waals surface area contributed by atoms with Crippen molar-refractivity contribution in [3.8, 4) is 0 Å². The number of hydrogen-bond acceptors (Lipinski definition) is 0. The van der Waals surface area contributed by atoms with Crippen LogP contribution in [0.15, 0.2) is 36.4 Å². The van der Waals surface area contributed by atoms with Crippen LogP contribution < -0.4 is 0 Å². The number of rotatable bonds is 5. The number of hydrogen-bond donors (Lipinski definition) is 0. The fourth-order valence-corrected chi connectivity index (χ4v) is 2.56. The van der Waals surface area contributed by atoms with E-state index in [0.717, 1.165) is 47.6 Å². The van der Waals surface area contributed by atoms with Crippen molar-refractivity contribution in [2.75, 3.05) is 0 Å². The Morgan fingerprint density at radius 2 is 1.90 bits per heavy atom. The van der Waals surface area contributed by atoms with E-state index in [4.69, 9.17) is 0 Å². The van der Waals surface area contributed by atoms with Crippen LogP contribution in [0.5, 0.6) is 0 Å². The van der Waals surface area contributed by atoms with Crippen LogP contribution in [0.4, 0.5) is 8.78 Å². The second-order valence-corrected chi connectivity index (χ2v) is 6.10. The highest BCUT2D eigenvalue weighted by atomic mass is 19.3. The largest absolute Gasteiger partial charge is 0.270 e. The Morgan fingerprint density at radius 3 is 2.35 bits per heavy atom. The van der Waals surface area contributed by atoms with Crippen molar-refractivity contribution in [1.82, 2.24) is 0 Å². The van der Waals surface area contributed by atoms with E-state index in [1.807, 2.05) is 13.8 Å². The fraction of sp³-hybridized carbons (Fsp3) is 0.444. The Balaban J connectivity index is 2.54. The van der Waals surface area contributed by atoms with E-state index in [9.17, 15) is 8.78 Å². The first-order valence-electron chi connectivity index (χ1n) is 7.05. The molecule has 1 aromatic rings. The molecule has 108 valence electrons. The van der Waals surface area contributed by atoms with E-state index in [0.29, 0.717) is 12.3 Å². The Morgan fingerprint density at radius 1 is 1.30 bits per heavy atom. The number of benzene rings is 1. The third-order valence-corrected chi connectivity index (χ3v) is 3.91. The van der Waals surface area contributed by atoms with Gasteiger partial charge in [-0.25, -0.2) is 8.78 Å². The SMILES string of the molecule is C=C(C)C(=C)Cc1c(C2CC2)cc(C)cc1C(C)(F)F. The zero-order valence-electron chi connectivity index (χ0n) is 12.5. The molecule has 0 aromatic heterocycles. The molecule has 0 heterocycles. The summed E-state index contributed by atoms with van der Waals surface area (Å²) >= 11 is 0. The van der Waals surface area contributed by atoms with Crippen LogP contribution in [-0.2, 0) is 12.3 Å². The highest BCUT2D eigenvalue weighted by Gasteiger charge is 2.33. The van der Waals surface area contributed by atoms with Gasteiger partial charge in [-0.05, 0) is 61.8 Å². The zero-order valence-corrected chi connectivity index (χ0v) is 12.5. The monoisotopic (exact) mass is 276 g/mol. The molecule has 1 aromatic carbocycles. The summed E-state index contributed by atoms with van der Waals surface area (Å²) in [4.78, 5) is 0. The van der Waals surface area contributed by atoms with Crippen molar-refractivity contribution < 1.29 is 8.78 Å². The fourth-order valence-electron chi connectivity index (χ4n) is 2.56. The first-order valence-corrected chi connectivity index (χ1v) is 7.05. The molecule has 0 amide bonds. The number of alkyl halides is 2. The third-order valence-electron chi connectivity index (χ3n) is 3.91. The van der Waals surface area contributed by atoms with Gasteiger partial charge in [0.2, 0.25) is 0 Å². The van der Waals surface area contributed by atoms with E-state index >= 15 is 0 Å². The summed E-state index contributed by atoms with van der Waals surface area (Å²) in [5.74, 6) is -2.37. The molecule has 2 rings (SSSR count). The molecular formula is C18H22F2. The molecule has 0 spiro atoms. The summed E-state index contributed by atoms with van der Waals surface area (Å²) in [6, 6.07) is 3.68. The molecule has 0 atom stereocenters. The minimum absolute atomic E-state index is 0.154. The zero-order chi connectivity index (χ0) is 15.1. The van der Waals surface area contributed by atoms with Gasteiger partial charge in [0.05, 0.1) is 0 Å². The van der Waals surface area contributed by atoms with Crippen molar-refractivity contribution in [2.45, 2.75) is 51.9 Å². The molecule has 2 heteroatoms. The van der Waals surface area contributed by atoms with E-state index in [1.54, 1.807) is 6.07 Å². The molecular weight excluding hydrogens is 254 g/mol. The number of halogens is 2. The Labute approximate surface area is 120 Å². The van der Waals surface area contributed by atoms with Crippen LogP contribution in [-0.4, -0.2) is 0 Å². The number of allylic oxidation sites excluding steroid dienone is 2. The molecule has 1 saturated carbocycles. The van der Waals surface area contributed by atoms with Crippen LogP contribution in [0.25, 0.3) is 0 Å². The lowest BCUT2D eigenvalue weighted by molar-refractivity contribution is 0.0165. The third kappa shape index (κ3) is 3.17. The summed E-state index contributed by atoms with van der Waals surface area (Å²) < 4.78 is 27.9. The standard InChI is InChI=1S/C18H22F2/c1-11(2)13(4)10-16-15(14-6-7-14)8-12(3)9-17(16)18(5,19)20/h8-9,14H,1,4,6-7,10H2,2-3,5H3. The molecule has 1 aliphatic carbocycles. The summed E-state index contributed by atoms with van der Waals surface area (Å²) in [6.45, 7) is 12.6. The van der Waals surface area contributed by atoms with Gasteiger partial charge < -0.3 is 0 Å². The van der Waals surface area contributed by atoms with Gasteiger partial charge in [-0.1, -0.05) is 30.4 Å². The van der Waals surface area contributed by atoms with Crippen LogP contribution in [0.1, 0.15) is 54.9 Å². The van der Waals surface area contributed by atoms with Crippen LogP contribution in [0.2, 0.25) is 0 Å². The van der Waals surface area contributed by atoms with Gasteiger partial charge in [-0.15, -0.1) is 0 Å². The molecule has 0 saturated heterocycles. The highest BCUT2D eigenvalue weighted by Crippen LogP contribution is 2.45. The molecule has 1 aliphatic rings. The molecule has 0 nitrogen and oxygen atoms in total. The number of aryl methyl sites for hydroxylation is 1. The molecule has 20 heavy (non-hydrogen) atoms. The quantitative estimate of drug-likeness (QED) is 0.609. The maximum absolute atomic E-state index is 14.0. The molecule has 0 aliphatic heterocycles. The molecule has 0 unspecified atom stereocenters. The van der Waals surface area contributed by atoms with Crippen LogP contribution >= 0.6 is 0 Å². The average Bonchev–Trinajstić information content (AvgIpc) is 3.13. The second-order valence-electron chi connectivity index (χ2n) is 6.10. The summed E-state index contributed by atoms with van der Waals surface area (Å²) in [5, 5.41) is 0. The maximum atomic E-state index is 14.0. The van der Waals surface area contributed by atoms with E-state index in [2.05, 4.69) is 19.2 Å². The average molecular weight is 276 g/mol. The van der Waals surface area contributed by atoms with Crippen LogP contribution in [0.3, 0.4) is 0 Å². The molecule has 1 fully saturated rings. The molecule has 0 N–H and O–H groups in total. The lowest BCUT2D eigenvalue weighted by atomic mass is 9.87. The van der Waals surface area contributed by atoms with E-state index < -0.39 is 5.92 Å². The van der Waals surface area contributed by atoms with Crippen molar-refractivity contribution in [1.29, 1.82) is 0 Å². The summed E-state index contributed by atoms with van der Waals surface area (Å²) in [5.41, 5.74) is 4.61. The van der Waals surface area contributed by atoms with Gasteiger partial charge in [0, 0.05) is 12.5 Å². The Kier molecular flexibility index (Phi) is 3.86. The first-order chi connectivity index (χ1) is 9.20. The smallest absolute Gasteiger partial charge is 0.202 e. The maximum Gasteiger partial charge on any atom is 0.270 e. The molecule has 0 bridgehead atoms. The highest BCUT2D eigenvalue weighted by molar-refractivity contribution is 5.47. The van der Waals surface area contributed by atoms with E-state index in [-0.39, 0.29) is 5.56 Å². The molecule has 0 radical (unpaired) electrons. The Bertz CT molecular complexity index is 558. The van der Waals surface area contributed by atoms with Gasteiger partial charge in [0.25, 0.3) is 5.92 Å².